The summed E-state index contributed by atoms with van der Waals surface area (Å²) in [4.78, 5) is 29.6. The molecule has 2 heterocycles. The van der Waals surface area contributed by atoms with E-state index in [-0.39, 0.29) is 24.8 Å². The predicted octanol–water partition coefficient (Wildman–Crippen LogP) is 5.17. The maximum absolute atomic E-state index is 13.0. The van der Waals surface area contributed by atoms with Gasteiger partial charge in [-0.2, -0.15) is 4.98 Å². The Morgan fingerprint density at radius 3 is 1.96 bits per heavy atom. The highest BCUT2D eigenvalue weighted by Crippen LogP contribution is 2.42. The Labute approximate surface area is 272 Å². The van der Waals surface area contributed by atoms with Gasteiger partial charge in [-0.05, 0) is 59.2 Å². The molecular formula is C37H35N3O7. The molecule has 2 N–H and O–H groups in total. The Morgan fingerprint density at radius 1 is 0.851 bits per heavy atom. The summed E-state index contributed by atoms with van der Waals surface area (Å²) in [5.41, 5.74) is 1.31. The molecule has 1 aliphatic heterocycles. The van der Waals surface area contributed by atoms with Gasteiger partial charge >= 0.3 is 5.69 Å². The monoisotopic (exact) mass is 633 g/mol. The zero-order valence-corrected chi connectivity index (χ0v) is 26.0. The molecule has 10 nitrogen and oxygen atoms in total. The highest BCUT2D eigenvalue weighted by molar-refractivity contribution is 6.03. The van der Waals surface area contributed by atoms with Gasteiger partial charge in [0.15, 0.2) is 6.23 Å². The van der Waals surface area contributed by atoms with E-state index in [1.54, 1.807) is 44.6 Å². The average molecular weight is 634 g/mol. The first-order valence-electron chi connectivity index (χ1n) is 15.2. The Kier molecular flexibility index (Phi) is 9.44. The summed E-state index contributed by atoms with van der Waals surface area (Å²) in [6, 6.07) is 35.4. The Hall–Kier alpha value is -5.29. The summed E-state index contributed by atoms with van der Waals surface area (Å²) >= 11 is 0. The van der Waals surface area contributed by atoms with Crippen molar-refractivity contribution in [3.63, 3.8) is 0 Å². The van der Waals surface area contributed by atoms with Crippen LogP contribution in [-0.4, -0.2) is 53.6 Å². The average Bonchev–Trinajstić information content (AvgIpc) is 3.49. The molecule has 10 heteroatoms. The molecule has 0 spiro atoms. The van der Waals surface area contributed by atoms with Gasteiger partial charge in [0.1, 0.15) is 29.0 Å². The minimum Gasteiger partial charge on any atom is -0.497 e. The zero-order valence-electron chi connectivity index (χ0n) is 26.0. The van der Waals surface area contributed by atoms with Crippen LogP contribution in [0.5, 0.6) is 11.5 Å². The number of benzene rings is 4. The summed E-state index contributed by atoms with van der Waals surface area (Å²) < 4.78 is 25.2. The van der Waals surface area contributed by atoms with Crippen molar-refractivity contribution in [3.05, 3.63) is 154 Å². The molecule has 4 aromatic carbocycles. The van der Waals surface area contributed by atoms with Crippen LogP contribution in [0.1, 0.15) is 39.7 Å². The lowest BCUT2D eigenvalue weighted by molar-refractivity contribution is -0.0875. The summed E-state index contributed by atoms with van der Waals surface area (Å²) in [6.45, 7) is 0.0912. The molecule has 0 unspecified atom stereocenters. The van der Waals surface area contributed by atoms with Gasteiger partial charge in [-0.15, -0.1) is 0 Å². The SMILES string of the molecule is COc1ccc(C(OC[C@@H]2C[C@@H](O)[C@H](n3ccc(NC(=O)c4ccccc4)nc3=O)O2)(c2ccccc2)c2ccc(OC)cc2)cc1. The van der Waals surface area contributed by atoms with Crippen LogP contribution in [0.3, 0.4) is 0 Å². The largest absolute Gasteiger partial charge is 0.497 e. The van der Waals surface area contributed by atoms with E-state index in [2.05, 4.69) is 10.3 Å². The molecule has 1 amide bonds. The Bertz CT molecular complexity index is 1800. The van der Waals surface area contributed by atoms with E-state index >= 15 is 0 Å². The number of nitrogens with zero attached hydrogens (tertiary/aromatic N) is 2. The first-order chi connectivity index (χ1) is 22.9. The second-order valence-electron chi connectivity index (χ2n) is 11.1. The third kappa shape index (κ3) is 6.66. The molecule has 5 aromatic rings. The van der Waals surface area contributed by atoms with Crippen LogP contribution in [0.4, 0.5) is 5.82 Å². The number of hydrogen-bond donors (Lipinski definition) is 2. The molecule has 1 saturated heterocycles. The van der Waals surface area contributed by atoms with E-state index < -0.39 is 29.7 Å². The highest BCUT2D eigenvalue weighted by Gasteiger charge is 2.41. The molecule has 6 rings (SSSR count). The molecule has 1 fully saturated rings. The number of aliphatic hydroxyl groups is 1. The van der Waals surface area contributed by atoms with E-state index in [1.807, 2.05) is 78.9 Å². The van der Waals surface area contributed by atoms with Gasteiger partial charge < -0.3 is 29.4 Å². The molecular weight excluding hydrogens is 598 g/mol. The second-order valence-corrected chi connectivity index (χ2v) is 11.1. The van der Waals surface area contributed by atoms with Crippen LogP contribution in [-0.2, 0) is 15.1 Å². The summed E-state index contributed by atoms with van der Waals surface area (Å²) in [7, 11) is 3.24. The molecule has 0 saturated carbocycles. The van der Waals surface area contributed by atoms with Crippen LogP contribution >= 0.6 is 0 Å². The van der Waals surface area contributed by atoms with Crippen LogP contribution in [0, 0.1) is 0 Å². The predicted molar refractivity (Wildman–Crippen MR) is 176 cm³/mol. The van der Waals surface area contributed by atoms with Gasteiger partial charge in [0.05, 0.1) is 26.9 Å². The lowest BCUT2D eigenvalue weighted by atomic mass is 9.80. The normalized spacial score (nSPS) is 17.6. The summed E-state index contributed by atoms with van der Waals surface area (Å²) in [5.74, 6) is 1.12. The van der Waals surface area contributed by atoms with E-state index in [0.29, 0.717) is 17.1 Å². The molecule has 3 atom stereocenters. The van der Waals surface area contributed by atoms with Crippen molar-refractivity contribution in [1.82, 2.24) is 9.55 Å². The fourth-order valence-corrected chi connectivity index (χ4v) is 5.83. The smallest absolute Gasteiger partial charge is 0.351 e. The minimum absolute atomic E-state index is 0.0912. The number of nitrogens with one attached hydrogen (secondary N) is 1. The number of amides is 1. The fourth-order valence-electron chi connectivity index (χ4n) is 5.83. The Balaban J connectivity index is 1.26. The van der Waals surface area contributed by atoms with Gasteiger partial charge in [-0.25, -0.2) is 4.79 Å². The number of carbonyl (C=O) groups is 1. The van der Waals surface area contributed by atoms with Gasteiger partial charge in [0.2, 0.25) is 0 Å². The quantitative estimate of drug-likeness (QED) is 0.191. The standard InChI is InChI=1S/C37H35N3O7/c1-44-29-17-13-27(14-18-29)37(26-11-7-4-8-12-26,28-15-19-30(45-2)20-16-28)46-24-31-23-32(41)35(47-31)40-22-21-33(39-36(40)43)38-34(42)25-9-5-3-6-10-25/h3-22,31-32,35,41H,23-24H2,1-2H3,(H,38,39,42,43)/t31-,32+,35+/m0/s1. The number of hydrogen-bond acceptors (Lipinski definition) is 8. The van der Waals surface area contributed by atoms with E-state index in [1.165, 1.54) is 16.8 Å². The van der Waals surface area contributed by atoms with Gasteiger partial charge in [-0.1, -0.05) is 72.8 Å². The van der Waals surface area contributed by atoms with E-state index in [4.69, 9.17) is 18.9 Å². The number of aromatic nitrogens is 2. The Morgan fingerprint density at radius 2 is 1.40 bits per heavy atom. The van der Waals surface area contributed by atoms with Crippen molar-refractivity contribution in [3.8, 4) is 11.5 Å². The minimum atomic E-state index is -1.07. The molecule has 0 aliphatic carbocycles. The first kappa shape index (κ1) is 31.7. The van der Waals surface area contributed by atoms with Crippen LogP contribution in [0.25, 0.3) is 0 Å². The highest BCUT2D eigenvalue weighted by atomic mass is 16.6. The third-order valence-electron chi connectivity index (χ3n) is 8.21. The molecule has 47 heavy (non-hydrogen) atoms. The lowest BCUT2D eigenvalue weighted by Gasteiger charge is -2.37. The van der Waals surface area contributed by atoms with Crippen LogP contribution in [0.15, 0.2) is 126 Å². The molecule has 1 aliphatic rings. The van der Waals surface area contributed by atoms with E-state index in [0.717, 1.165) is 16.7 Å². The van der Waals surface area contributed by atoms with Crippen molar-refractivity contribution >= 4 is 11.7 Å². The van der Waals surface area contributed by atoms with Gasteiger partial charge in [-0.3, -0.25) is 9.36 Å². The van der Waals surface area contributed by atoms with Gasteiger partial charge in [0.25, 0.3) is 5.91 Å². The van der Waals surface area contributed by atoms with E-state index in [9.17, 15) is 14.7 Å². The molecule has 240 valence electrons. The van der Waals surface area contributed by atoms with Crippen molar-refractivity contribution in [2.24, 2.45) is 0 Å². The van der Waals surface area contributed by atoms with Crippen molar-refractivity contribution in [1.29, 1.82) is 0 Å². The van der Waals surface area contributed by atoms with Crippen LogP contribution < -0.4 is 20.5 Å². The maximum atomic E-state index is 13.0. The van der Waals surface area contributed by atoms with Crippen LogP contribution in [0.2, 0.25) is 0 Å². The number of methoxy groups -OCH3 is 2. The number of anilines is 1. The fraction of sp³-hybridized carbons (Fsp3) is 0.216. The number of aliphatic hydroxyl groups excluding tert-OH is 1. The molecule has 1 aromatic heterocycles. The number of rotatable bonds is 11. The summed E-state index contributed by atoms with van der Waals surface area (Å²) in [6.07, 6.45) is -0.870. The van der Waals surface area contributed by atoms with Crippen molar-refractivity contribution < 1.29 is 28.8 Å². The number of carbonyl (C=O) groups excluding carboxylic acids is 1. The molecule has 0 radical (unpaired) electrons. The van der Waals surface area contributed by atoms with Crippen molar-refractivity contribution in [2.75, 3.05) is 26.1 Å². The molecule has 0 bridgehead atoms. The maximum Gasteiger partial charge on any atom is 0.351 e. The third-order valence-corrected chi connectivity index (χ3v) is 8.21. The summed E-state index contributed by atoms with van der Waals surface area (Å²) in [5, 5.41) is 13.7. The lowest BCUT2D eigenvalue weighted by Crippen LogP contribution is -2.36. The van der Waals surface area contributed by atoms with Crippen molar-refractivity contribution in [2.45, 2.75) is 30.5 Å². The zero-order chi connectivity index (χ0) is 32.8. The topological polar surface area (TPSA) is 121 Å². The first-order valence-corrected chi connectivity index (χ1v) is 15.2. The second kappa shape index (κ2) is 14.0. The van der Waals surface area contributed by atoms with Gasteiger partial charge in [0, 0.05) is 18.2 Å². The number of ether oxygens (including phenoxy) is 4.